The first-order valence-electron chi connectivity index (χ1n) is 14.4. The summed E-state index contributed by atoms with van der Waals surface area (Å²) >= 11 is 3.27. The average Bonchev–Trinajstić information content (AvgIpc) is 2.97. The van der Waals surface area contributed by atoms with Crippen LogP contribution in [0, 0.1) is 0 Å². The molecule has 2 atom stereocenters. The van der Waals surface area contributed by atoms with Gasteiger partial charge in [-0.1, -0.05) is 39.5 Å². The number of rotatable bonds is 16. The Morgan fingerprint density at radius 1 is 0.721 bits per heavy atom. The van der Waals surface area contributed by atoms with Gasteiger partial charge in [0.1, 0.15) is 23.0 Å². The van der Waals surface area contributed by atoms with E-state index in [0.29, 0.717) is 13.2 Å². The van der Waals surface area contributed by atoms with E-state index in [0.717, 1.165) is 38.5 Å². The van der Waals surface area contributed by atoms with Gasteiger partial charge in [0.05, 0.1) is 24.3 Å². The summed E-state index contributed by atoms with van der Waals surface area (Å²) in [6.45, 7) is 7.95. The molecule has 0 saturated carbocycles. The summed E-state index contributed by atoms with van der Waals surface area (Å²) in [7, 11) is 0. The number of esters is 2. The van der Waals surface area contributed by atoms with Crippen molar-refractivity contribution >= 4 is 27.9 Å². The van der Waals surface area contributed by atoms with Gasteiger partial charge in [-0.25, -0.2) is 24.5 Å². The minimum absolute atomic E-state index is 0.128. The largest absolute Gasteiger partial charge is 0.507 e. The Bertz CT molecular complexity index is 1290. The maximum atomic E-state index is 12.2. The van der Waals surface area contributed by atoms with Crippen molar-refractivity contribution in [2.45, 2.75) is 78.4 Å². The van der Waals surface area contributed by atoms with E-state index in [-0.39, 0.29) is 50.5 Å². The fraction of sp³-hybridized carbons (Fsp3) is 0.452. The third-order valence-corrected chi connectivity index (χ3v) is 6.66. The van der Waals surface area contributed by atoms with Crippen LogP contribution >= 0.6 is 15.9 Å². The third-order valence-electron chi connectivity index (χ3n) is 6.30. The standard InChI is InChI=1S/C31H38BrN3O8/c1-5-7-9-15-40-29(38)19(3)42-21-11-13-23(25(36)17-21)27-33-28(35-31(32)34-27)24-14-12-22(18-26(24)37)43-20(4)30(39)41-16-10-8-6-2/h11-14,17-20,36-37H,5-10,15-16H2,1-4H3. The summed E-state index contributed by atoms with van der Waals surface area (Å²) in [5.41, 5.74) is 0.550. The van der Waals surface area contributed by atoms with Crippen molar-refractivity contribution in [1.82, 2.24) is 15.0 Å². The molecular weight excluding hydrogens is 622 g/mol. The lowest BCUT2D eigenvalue weighted by Gasteiger charge is -2.15. The second kappa shape index (κ2) is 16.6. The van der Waals surface area contributed by atoms with E-state index in [1.165, 1.54) is 12.1 Å². The molecule has 0 bridgehead atoms. The van der Waals surface area contributed by atoms with E-state index in [1.807, 2.05) is 0 Å². The number of carbonyl (C=O) groups is 2. The molecule has 3 aromatic rings. The molecule has 0 saturated heterocycles. The molecule has 0 fully saturated rings. The van der Waals surface area contributed by atoms with Gasteiger partial charge in [-0.05, 0) is 66.9 Å². The van der Waals surface area contributed by atoms with Crippen LogP contribution in [0.2, 0.25) is 0 Å². The molecule has 11 nitrogen and oxygen atoms in total. The van der Waals surface area contributed by atoms with Gasteiger partial charge in [0.25, 0.3) is 0 Å². The molecule has 0 radical (unpaired) electrons. The van der Waals surface area contributed by atoms with E-state index in [2.05, 4.69) is 44.7 Å². The quantitative estimate of drug-likeness (QED) is 0.130. The Hall–Kier alpha value is -3.93. The molecule has 1 aromatic heterocycles. The molecule has 2 aromatic carbocycles. The Morgan fingerprint density at radius 2 is 1.14 bits per heavy atom. The molecule has 0 spiro atoms. The van der Waals surface area contributed by atoms with Gasteiger partial charge in [-0.15, -0.1) is 0 Å². The molecule has 2 N–H and O–H groups in total. The first-order valence-corrected chi connectivity index (χ1v) is 15.2. The summed E-state index contributed by atoms with van der Waals surface area (Å²) in [6, 6.07) is 8.96. The van der Waals surface area contributed by atoms with Crippen LogP contribution in [-0.2, 0) is 19.1 Å². The monoisotopic (exact) mass is 659 g/mol. The van der Waals surface area contributed by atoms with E-state index in [4.69, 9.17) is 18.9 Å². The number of hydrogen-bond acceptors (Lipinski definition) is 11. The number of benzene rings is 2. The van der Waals surface area contributed by atoms with Crippen LogP contribution < -0.4 is 9.47 Å². The van der Waals surface area contributed by atoms with Gasteiger partial charge in [0.15, 0.2) is 23.9 Å². The molecule has 0 aliphatic rings. The van der Waals surface area contributed by atoms with Crippen LogP contribution in [0.4, 0.5) is 0 Å². The van der Waals surface area contributed by atoms with Crippen molar-refractivity contribution in [1.29, 1.82) is 0 Å². The van der Waals surface area contributed by atoms with Crippen molar-refractivity contribution in [2.24, 2.45) is 0 Å². The summed E-state index contributed by atoms with van der Waals surface area (Å²) in [5.74, 6) is -0.563. The highest BCUT2D eigenvalue weighted by Crippen LogP contribution is 2.35. The molecule has 0 aliphatic carbocycles. The topological polar surface area (TPSA) is 150 Å². The van der Waals surface area contributed by atoms with Gasteiger partial charge in [0, 0.05) is 12.1 Å². The van der Waals surface area contributed by atoms with Gasteiger partial charge in [0.2, 0.25) is 4.73 Å². The van der Waals surface area contributed by atoms with Crippen LogP contribution in [-0.4, -0.2) is 62.5 Å². The second-order valence-corrected chi connectivity index (χ2v) is 10.6. The van der Waals surface area contributed by atoms with E-state index in [9.17, 15) is 19.8 Å². The lowest BCUT2D eigenvalue weighted by Crippen LogP contribution is -2.26. The number of aromatic nitrogens is 3. The van der Waals surface area contributed by atoms with Crippen molar-refractivity contribution in [3.05, 3.63) is 41.1 Å². The zero-order valence-electron chi connectivity index (χ0n) is 24.8. The lowest BCUT2D eigenvalue weighted by molar-refractivity contribution is -0.152. The van der Waals surface area contributed by atoms with Crippen LogP contribution in [0.25, 0.3) is 22.8 Å². The molecule has 0 aliphatic heterocycles. The molecule has 232 valence electrons. The molecule has 0 amide bonds. The maximum absolute atomic E-state index is 12.2. The van der Waals surface area contributed by atoms with Crippen LogP contribution in [0.1, 0.15) is 66.2 Å². The Morgan fingerprint density at radius 3 is 1.51 bits per heavy atom. The molecule has 43 heavy (non-hydrogen) atoms. The van der Waals surface area contributed by atoms with Crippen LogP contribution in [0.3, 0.4) is 0 Å². The third kappa shape index (κ3) is 10.1. The van der Waals surface area contributed by atoms with Gasteiger partial charge in [-0.3, -0.25) is 0 Å². The number of phenolic OH excluding ortho intramolecular Hbond substituents is 2. The molecule has 3 rings (SSSR count). The highest BCUT2D eigenvalue weighted by atomic mass is 79.9. The maximum Gasteiger partial charge on any atom is 0.347 e. The summed E-state index contributed by atoms with van der Waals surface area (Å²) in [5, 5.41) is 21.5. The highest BCUT2D eigenvalue weighted by Gasteiger charge is 2.20. The summed E-state index contributed by atoms with van der Waals surface area (Å²) < 4.78 is 21.9. The Balaban J connectivity index is 1.71. The normalized spacial score (nSPS) is 12.3. The molecule has 12 heteroatoms. The molecule has 2 unspecified atom stereocenters. The van der Waals surface area contributed by atoms with Crippen molar-refractivity contribution in [3.63, 3.8) is 0 Å². The summed E-state index contributed by atoms with van der Waals surface area (Å²) in [4.78, 5) is 37.3. The van der Waals surface area contributed by atoms with Crippen LogP contribution in [0.15, 0.2) is 41.1 Å². The predicted octanol–water partition coefficient (Wildman–Crippen LogP) is 6.38. The van der Waals surface area contributed by atoms with Gasteiger partial charge < -0.3 is 29.2 Å². The number of hydrogen-bond donors (Lipinski definition) is 2. The zero-order chi connectivity index (χ0) is 31.4. The molecule has 1 heterocycles. The van der Waals surface area contributed by atoms with E-state index >= 15 is 0 Å². The highest BCUT2D eigenvalue weighted by molar-refractivity contribution is 9.10. The average molecular weight is 661 g/mol. The first kappa shape index (κ1) is 33.6. The number of unbranched alkanes of at least 4 members (excludes halogenated alkanes) is 4. The fourth-order valence-corrected chi connectivity index (χ4v) is 4.26. The molecular formula is C31H38BrN3O8. The smallest absolute Gasteiger partial charge is 0.347 e. The van der Waals surface area contributed by atoms with E-state index in [1.54, 1.807) is 38.1 Å². The van der Waals surface area contributed by atoms with Gasteiger partial charge >= 0.3 is 11.9 Å². The number of phenols is 2. The van der Waals surface area contributed by atoms with Gasteiger partial charge in [-0.2, -0.15) is 0 Å². The Labute approximate surface area is 259 Å². The number of halogens is 1. The van der Waals surface area contributed by atoms with Crippen molar-refractivity contribution < 1.29 is 38.7 Å². The zero-order valence-corrected chi connectivity index (χ0v) is 26.4. The number of aromatic hydroxyl groups is 2. The summed E-state index contributed by atoms with van der Waals surface area (Å²) in [6.07, 6.45) is 3.85. The second-order valence-electron chi connectivity index (χ2n) is 9.88. The SMILES string of the molecule is CCCCCOC(=O)C(C)Oc1ccc(-c2nc(Br)nc(-c3ccc(OC(C)C(=O)OCCCCC)cc3O)n2)c(O)c1. The number of nitrogens with zero attached hydrogens (tertiary/aromatic N) is 3. The predicted molar refractivity (Wildman–Crippen MR) is 163 cm³/mol. The van der Waals surface area contributed by atoms with Crippen molar-refractivity contribution in [3.8, 4) is 45.8 Å². The first-order chi connectivity index (χ1) is 20.6. The van der Waals surface area contributed by atoms with Crippen LogP contribution in [0.5, 0.6) is 23.0 Å². The lowest BCUT2D eigenvalue weighted by atomic mass is 10.1. The minimum atomic E-state index is -0.862. The number of ether oxygens (including phenoxy) is 4. The fourth-order valence-electron chi connectivity index (χ4n) is 3.93. The van der Waals surface area contributed by atoms with E-state index < -0.39 is 24.1 Å². The Kier molecular flexibility index (Phi) is 13.0. The number of carbonyl (C=O) groups excluding carboxylic acids is 2. The van der Waals surface area contributed by atoms with Crippen molar-refractivity contribution in [2.75, 3.05) is 13.2 Å². The minimum Gasteiger partial charge on any atom is -0.507 e.